The first kappa shape index (κ1) is 16.1. The lowest BCUT2D eigenvalue weighted by atomic mass is 10.1. The molecule has 0 radical (unpaired) electrons. The first-order chi connectivity index (χ1) is 12.1. The highest BCUT2D eigenvalue weighted by Gasteiger charge is 2.37. The molecule has 0 spiro atoms. The smallest absolute Gasteiger partial charge is 0.253 e. The molecule has 0 bridgehead atoms. The molecular formula is C18H17N3O3S. The van der Waals surface area contributed by atoms with E-state index in [9.17, 15) is 15.0 Å². The second-order valence-corrected chi connectivity index (χ2v) is 7.21. The van der Waals surface area contributed by atoms with Crippen molar-refractivity contribution in [3.63, 3.8) is 0 Å². The summed E-state index contributed by atoms with van der Waals surface area (Å²) >= 11 is 1.59. The van der Waals surface area contributed by atoms with Crippen LogP contribution in [-0.4, -0.2) is 56.3 Å². The first-order valence-electron chi connectivity index (χ1n) is 8.01. The number of carbonyl (C=O) groups excluding carboxylic acids is 1. The van der Waals surface area contributed by atoms with Crippen LogP contribution in [0.15, 0.2) is 42.0 Å². The Morgan fingerprint density at radius 2 is 2.04 bits per heavy atom. The molecule has 6 nitrogen and oxygen atoms in total. The molecule has 1 aromatic carbocycles. The van der Waals surface area contributed by atoms with Gasteiger partial charge in [0.25, 0.3) is 5.91 Å². The Morgan fingerprint density at radius 1 is 1.24 bits per heavy atom. The standard InChI is InChI=1S/C18H17N3O3S/c22-10-18(24)6-7-21(9-18)17(23)13-3-1-12(2-4-13)15-16-14(5-8-25-16)19-11-20-15/h1-5,8,11,22,24H,6-7,9-10H2/t18-/m0/s1. The third kappa shape index (κ3) is 2.90. The van der Waals surface area contributed by atoms with Crippen LogP contribution < -0.4 is 0 Å². The molecule has 7 heteroatoms. The fraction of sp³-hybridized carbons (Fsp3) is 0.278. The van der Waals surface area contributed by atoms with E-state index in [2.05, 4.69) is 9.97 Å². The van der Waals surface area contributed by atoms with E-state index in [0.717, 1.165) is 21.5 Å². The van der Waals surface area contributed by atoms with E-state index < -0.39 is 5.60 Å². The molecule has 1 aliphatic rings. The fourth-order valence-electron chi connectivity index (χ4n) is 3.11. The van der Waals surface area contributed by atoms with Crippen LogP contribution in [0.3, 0.4) is 0 Å². The Labute approximate surface area is 148 Å². The van der Waals surface area contributed by atoms with Gasteiger partial charge in [0.05, 0.1) is 29.1 Å². The number of hydrogen-bond donors (Lipinski definition) is 2. The average molecular weight is 355 g/mol. The minimum absolute atomic E-state index is 0.139. The van der Waals surface area contributed by atoms with Gasteiger partial charge in [0.2, 0.25) is 0 Å². The van der Waals surface area contributed by atoms with E-state index in [0.29, 0.717) is 18.5 Å². The molecule has 0 aliphatic carbocycles. The molecule has 128 valence electrons. The number of likely N-dealkylation sites (tertiary alicyclic amines) is 1. The van der Waals surface area contributed by atoms with Crippen molar-refractivity contribution in [3.8, 4) is 11.3 Å². The molecule has 0 unspecified atom stereocenters. The number of amides is 1. The summed E-state index contributed by atoms with van der Waals surface area (Å²) in [5.41, 5.74) is 2.08. The molecule has 2 aromatic heterocycles. The number of nitrogens with zero attached hydrogens (tertiary/aromatic N) is 3. The second kappa shape index (κ2) is 6.18. The van der Waals surface area contributed by atoms with Gasteiger partial charge in [0.15, 0.2) is 0 Å². The molecule has 1 saturated heterocycles. The number of aliphatic hydroxyl groups excluding tert-OH is 1. The molecule has 4 rings (SSSR count). The monoisotopic (exact) mass is 355 g/mol. The Kier molecular flexibility index (Phi) is 3.99. The molecule has 25 heavy (non-hydrogen) atoms. The number of aliphatic hydroxyl groups is 2. The summed E-state index contributed by atoms with van der Waals surface area (Å²) < 4.78 is 1.02. The average Bonchev–Trinajstić information content (AvgIpc) is 3.28. The molecule has 3 heterocycles. The van der Waals surface area contributed by atoms with Crippen molar-refractivity contribution in [1.29, 1.82) is 0 Å². The lowest BCUT2D eigenvalue weighted by Crippen LogP contribution is -2.38. The van der Waals surface area contributed by atoms with Gasteiger partial charge in [-0.05, 0) is 30.0 Å². The predicted octanol–water partition coefficient (Wildman–Crippen LogP) is 1.93. The van der Waals surface area contributed by atoms with Crippen LogP contribution >= 0.6 is 11.3 Å². The first-order valence-corrected chi connectivity index (χ1v) is 8.89. The number of benzene rings is 1. The van der Waals surface area contributed by atoms with Crippen LogP contribution in [0.4, 0.5) is 0 Å². The number of hydrogen-bond acceptors (Lipinski definition) is 6. The highest BCUT2D eigenvalue weighted by atomic mass is 32.1. The number of aromatic nitrogens is 2. The van der Waals surface area contributed by atoms with E-state index in [1.165, 1.54) is 0 Å². The molecule has 2 N–H and O–H groups in total. The van der Waals surface area contributed by atoms with Gasteiger partial charge in [0.1, 0.15) is 11.9 Å². The molecule has 1 fully saturated rings. The SMILES string of the molecule is O=C(c1ccc(-c2ncnc3ccsc23)cc1)N1CC[C@@](O)(CO)C1. The van der Waals surface area contributed by atoms with Gasteiger partial charge in [-0.2, -0.15) is 0 Å². The fourth-order valence-corrected chi connectivity index (χ4v) is 3.96. The van der Waals surface area contributed by atoms with Gasteiger partial charge < -0.3 is 15.1 Å². The molecule has 1 atom stereocenters. The molecule has 3 aromatic rings. The lowest BCUT2D eigenvalue weighted by molar-refractivity contribution is -0.00455. The number of rotatable bonds is 3. The van der Waals surface area contributed by atoms with Crippen molar-refractivity contribution < 1.29 is 15.0 Å². The van der Waals surface area contributed by atoms with E-state index in [4.69, 9.17) is 0 Å². The number of thiophene rings is 1. The highest BCUT2D eigenvalue weighted by Crippen LogP contribution is 2.30. The maximum atomic E-state index is 12.6. The summed E-state index contributed by atoms with van der Waals surface area (Å²) in [5.74, 6) is -0.139. The van der Waals surface area contributed by atoms with E-state index in [-0.39, 0.29) is 19.1 Å². The molecule has 1 amide bonds. The van der Waals surface area contributed by atoms with Crippen molar-refractivity contribution in [2.75, 3.05) is 19.7 Å². The van der Waals surface area contributed by atoms with Crippen LogP contribution in [-0.2, 0) is 0 Å². The minimum atomic E-state index is -1.18. The van der Waals surface area contributed by atoms with Crippen LogP contribution in [0, 0.1) is 0 Å². The maximum Gasteiger partial charge on any atom is 0.253 e. The largest absolute Gasteiger partial charge is 0.393 e. The topological polar surface area (TPSA) is 86.6 Å². The Bertz CT molecular complexity index is 925. The van der Waals surface area contributed by atoms with Crippen molar-refractivity contribution in [1.82, 2.24) is 14.9 Å². The van der Waals surface area contributed by atoms with Crippen molar-refractivity contribution >= 4 is 27.5 Å². The Morgan fingerprint density at radius 3 is 2.76 bits per heavy atom. The molecular weight excluding hydrogens is 338 g/mol. The second-order valence-electron chi connectivity index (χ2n) is 6.29. The number of carbonyl (C=O) groups is 1. The lowest BCUT2D eigenvalue weighted by Gasteiger charge is -2.21. The normalized spacial score (nSPS) is 20.3. The summed E-state index contributed by atoms with van der Waals surface area (Å²) in [7, 11) is 0. The highest BCUT2D eigenvalue weighted by molar-refractivity contribution is 7.17. The van der Waals surface area contributed by atoms with E-state index in [1.54, 1.807) is 34.7 Å². The molecule has 1 aliphatic heterocycles. The summed E-state index contributed by atoms with van der Waals surface area (Å²) in [5, 5.41) is 21.3. The quantitative estimate of drug-likeness (QED) is 0.750. The summed E-state index contributed by atoms with van der Waals surface area (Å²) in [6.45, 7) is 0.269. The van der Waals surface area contributed by atoms with Crippen molar-refractivity contribution in [3.05, 3.63) is 47.6 Å². The van der Waals surface area contributed by atoms with Crippen molar-refractivity contribution in [2.24, 2.45) is 0 Å². The van der Waals surface area contributed by atoms with Gasteiger partial charge in [0, 0.05) is 17.7 Å². The summed E-state index contributed by atoms with van der Waals surface area (Å²) in [6, 6.07) is 9.26. The van der Waals surface area contributed by atoms with Crippen molar-refractivity contribution in [2.45, 2.75) is 12.0 Å². The Balaban J connectivity index is 1.58. The van der Waals surface area contributed by atoms with Gasteiger partial charge in [-0.1, -0.05) is 12.1 Å². The van der Waals surface area contributed by atoms with Crippen LogP contribution in [0.2, 0.25) is 0 Å². The molecule has 0 saturated carbocycles. The van der Waals surface area contributed by atoms with Crippen LogP contribution in [0.5, 0.6) is 0 Å². The van der Waals surface area contributed by atoms with E-state index in [1.807, 2.05) is 23.6 Å². The zero-order valence-electron chi connectivity index (χ0n) is 13.4. The van der Waals surface area contributed by atoms with Gasteiger partial charge in [-0.3, -0.25) is 4.79 Å². The third-order valence-corrected chi connectivity index (χ3v) is 5.47. The zero-order chi connectivity index (χ0) is 17.4. The van der Waals surface area contributed by atoms with E-state index >= 15 is 0 Å². The summed E-state index contributed by atoms with van der Waals surface area (Å²) in [6.07, 6.45) is 1.94. The minimum Gasteiger partial charge on any atom is -0.393 e. The van der Waals surface area contributed by atoms with Crippen LogP contribution in [0.25, 0.3) is 21.5 Å². The predicted molar refractivity (Wildman–Crippen MR) is 95.4 cm³/mol. The summed E-state index contributed by atoms with van der Waals surface area (Å²) in [4.78, 5) is 22.8. The number of fused-ring (bicyclic) bond motifs is 1. The maximum absolute atomic E-state index is 12.6. The Hall–Kier alpha value is -2.35. The van der Waals surface area contributed by atoms with Gasteiger partial charge in [-0.25, -0.2) is 9.97 Å². The number of β-amino-alcohol motifs (C(OH)–C–C–N with tert-alkyl or cyclic N) is 1. The van der Waals surface area contributed by atoms with Gasteiger partial charge >= 0.3 is 0 Å². The van der Waals surface area contributed by atoms with Gasteiger partial charge in [-0.15, -0.1) is 11.3 Å². The zero-order valence-corrected chi connectivity index (χ0v) is 14.2. The van der Waals surface area contributed by atoms with Crippen LogP contribution in [0.1, 0.15) is 16.8 Å². The third-order valence-electron chi connectivity index (χ3n) is 4.56.